The molecule has 1 saturated carbocycles. The summed E-state index contributed by atoms with van der Waals surface area (Å²) in [4.78, 5) is 19.0. The third kappa shape index (κ3) is 4.62. The number of amides is 1. The van der Waals surface area contributed by atoms with Crippen LogP contribution < -0.4 is 9.54 Å². The number of carbonyl (C=O) groups excluding carboxylic acids is 1. The molecule has 7 heteroatoms. The van der Waals surface area contributed by atoms with Crippen LogP contribution in [-0.4, -0.2) is 28.8 Å². The quantitative estimate of drug-likeness (QED) is 0.830. The monoisotopic (exact) mass is 408 g/mol. The summed E-state index contributed by atoms with van der Waals surface area (Å²) in [6.07, 6.45) is 3.47. The van der Waals surface area contributed by atoms with Crippen molar-refractivity contribution in [2.45, 2.75) is 51.7 Å². The smallest absolute Gasteiger partial charge is 0.283 e. The lowest BCUT2D eigenvalue weighted by atomic mass is 9.82. The number of halogens is 1. The molecule has 1 aliphatic rings. The van der Waals surface area contributed by atoms with Crippen molar-refractivity contribution >= 4 is 28.8 Å². The molecule has 1 amide bonds. The van der Waals surface area contributed by atoms with Crippen LogP contribution in [0.15, 0.2) is 29.4 Å². The summed E-state index contributed by atoms with van der Waals surface area (Å²) in [5, 5.41) is 10.0. The van der Waals surface area contributed by atoms with E-state index < -0.39 is 0 Å². The number of benzene rings is 1. The maximum atomic E-state index is 12.8. The van der Waals surface area contributed by atoms with Crippen molar-refractivity contribution in [2.24, 2.45) is 10.9 Å². The summed E-state index contributed by atoms with van der Waals surface area (Å²) >= 11 is 7.57. The first-order chi connectivity index (χ1) is 12.7. The van der Waals surface area contributed by atoms with Crippen molar-refractivity contribution in [3.8, 4) is 5.75 Å². The number of aromatic nitrogens is 1. The third-order valence-corrected chi connectivity index (χ3v) is 6.40. The molecule has 5 nitrogen and oxygen atoms in total. The van der Waals surface area contributed by atoms with Crippen LogP contribution in [0.1, 0.15) is 48.8 Å². The number of thiazole rings is 1. The Bertz CT molecular complexity index is 905. The molecule has 1 aromatic heterocycles. The van der Waals surface area contributed by atoms with Crippen molar-refractivity contribution < 1.29 is 14.6 Å². The van der Waals surface area contributed by atoms with Crippen LogP contribution in [0.5, 0.6) is 5.75 Å². The van der Waals surface area contributed by atoms with E-state index in [9.17, 15) is 9.90 Å². The zero-order valence-corrected chi connectivity index (χ0v) is 17.6. The van der Waals surface area contributed by atoms with Gasteiger partial charge in [0.05, 0.1) is 18.8 Å². The average molecular weight is 409 g/mol. The van der Waals surface area contributed by atoms with Crippen molar-refractivity contribution in [1.82, 2.24) is 4.57 Å². The van der Waals surface area contributed by atoms with Crippen LogP contribution in [0.4, 0.5) is 0 Å². The van der Waals surface area contributed by atoms with Crippen molar-refractivity contribution in [1.29, 1.82) is 0 Å². The number of nitrogens with zero attached hydrogens (tertiary/aromatic N) is 2. The second-order valence-corrected chi connectivity index (χ2v) is 9.48. The van der Waals surface area contributed by atoms with Gasteiger partial charge in [-0.15, -0.1) is 11.3 Å². The lowest BCUT2D eigenvalue weighted by molar-refractivity contribution is 0.0348. The van der Waals surface area contributed by atoms with E-state index in [4.69, 9.17) is 16.3 Å². The van der Waals surface area contributed by atoms with E-state index in [2.05, 4.69) is 32.0 Å². The topological polar surface area (TPSA) is 63.8 Å². The molecule has 1 N–H and O–H groups in total. The highest BCUT2D eigenvalue weighted by Crippen LogP contribution is 2.30. The maximum absolute atomic E-state index is 12.8. The molecule has 0 radical (unpaired) electrons. The van der Waals surface area contributed by atoms with E-state index in [-0.39, 0.29) is 17.4 Å². The van der Waals surface area contributed by atoms with Gasteiger partial charge in [0, 0.05) is 22.6 Å². The summed E-state index contributed by atoms with van der Waals surface area (Å²) in [5.41, 5.74) is 0.317. The summed E-state index contributed by atoms with van der Waals surface area (Å²) in [5.74, 6) is 0.491. The van der Waals surface area contributed by atoms with E-state index in [1.54, 1.807) is 18.2 Å². The van der Waals surface area contributed by atoms with Gasteiger partial charge in [0.15, 0.2) is 4.80 Å². The van der Waals surface area contributed by atoms with Gasteiger partial charge >= 0.3 is 0 Å². The molecule has 0 spiro atoms. The van der Waals surface area contributed by atoms with Gasteiger partial charge in [-0.25, -0.2) is 0 Å². The van der Waals surface area contributed by atoms with Gasteiger partial charge < -0.3 is 14.4 Å². The Morgan fingerprint density at radius 1 is 1.41 bits per heavy atom. The van der Waals surface area contributed by atoms with Crippen LogP contribution in [0.3, 0.4) is 0 Å². The van der Waals surface area contributed by atoms with Gasteiger partial charge in [0.25, 0.3) is 5.91 Å². The van der Waals surface area contributed by atoms with E-state index in [0.29, 0.717) is 27.1 Å². The standard InChI is InChI=1S/C20H25ClN2O3S/c1-20(2,3)17-11-23(10-12-7-14(24)8-12)19(27-17)22-18(25)15-9-13(21)5-6-16(15)26-4/h5-6,9,11-12,14,24H,7-8,10H2,1-4H3/t12-,14+. The van der Waals surface area contributed by atoms with Crippen molar-refractivity contribution in [3.05, 3.63) is 44.7 Å². The van der Waals surface area contributed by atoms with Crippen molar-refractivity contribution in [2.75, 3.05) is 7.11 Å². The fourth-order valence-corrected chi connectivity index (χ4v) is 4.29. The zero-order valence-electron chi connectivity index (χ0n) is 16.0. The second kappa shape index (κ2) is 7.78. The van der Waals surface area contributed by atoms with E-state index in [1.807, 2.05) is 4.57 Å². The molecule has 1 aromatic carbocycles. The van der Waals surface area contributed by atoms with Crippen LogP contribution in [0, 0.1) is 5.92 Å². The average Bonchev–Trinajstić information content (AvgIpc) is 2.96. The van der Waals surface area contributed by atoms with Gasteiger partial charge in [-0.05, 0) is 42.4 Å². The van der Waals surface area contributed by atoms with Gasteiger partial charge in [0.2, 0.25) is 0 Å². The van der Waals surface area contributed by atoms with Gasteiger partial charge in [-0.3, -0.25) is 4.79 Å². The molecule has 2 aromatic rings. The Labute approximate surface area is 168 Å². The molecule has 0 atom stereocenters. The predicted molar refractivity (Wildman–Crippen MR) is 108 cm³/mol. The highest BCUT2D eigenvalue weighted by Gasteiger charge is 2.28. The first-order valence-electron chi connectivity index (χ1n) is 8.99. The van der Waals surface area contributed by atoms with Gasteiger partial charge in [0.1, 0.15) is 5.75 Å². The fourth-order valence-electron chi connectivity index (χ4n) is 3.07. The Morgan fingerprint density at radius 2 is 2.11 bits per heavy atom. The number of rotatable bonds is 4. The van der Waals surface area contributed by atoms with Crippen LogP contribution >= 0.6 is 22.9 Å². The molecule has 0 aliphatic heterocycles. The molecular weight excluding hydrogens is 384 g/mol. The molecule has 3 rings (SSSR count). The van der Waals surface area contributed by atoms with Crippen LogP contribution in [0.25, 0.3) is 0 Å². The summed E-state index contributed by atoms with van der Waals surface area (Å²) in [7, 11) is 1.52. The molecule has 0 unspecified atom stereocenters. The Morgan fingerprint density at radius 3 is 2.70 bits per heavy atom. The molecule has 0 bridgehead atoms. The van der Waals surface area contributed by atoms with Crippen LogP contribution in [0.2, 0.25) is 5.02 Å². The zero-order chi connectivity index (χ0) is 19.8. The minimum Gasteiger partial charge on any atom is -0.496 e. The number of methoxy groups -OCH3 is 1. The first kappa shape index (κ1) is 20.1. The summed E-state index contributed by atoms with van der Waals surface area (Å²) < 4.78 is 7.32. The highest BCUT2D eigenvalue weighted by molar-refractivity contribution is 7.09. The largest absolute Gasteiger partial charge is 0.496 e. The molecule has 1 heterocycles. The van der Waals surface area contributed by atoms with Crippen molar-refractivity contribution in [3.63, 3.8) is 0 Å². The molecule has 1 aliphatic carbocycles. The minimum atomic E-state index is -0.376. The maximum Gasteiger partial charge on any atom is 0.283 e. The first-order valence-corrected chi connectivity index (χ1v) is 10.2. The molecular formula is C20H25ClN2O3S. The number of hydrogen-bond acceptors (Lipinski definition) is 4. The predicted octanol–water partition coefficient (Wildman–Crippen LogP) is 4.02. The number of ether oxygens (including phenoxy) is 1. The Balaban J connectivity index is 1.99. The van der Waals surface area contributed by atoms with E-state index >= 15 is 0 Å². The highest BCUT2D eigenvalue weighted by atomic mass is 35.5. The van der Waals surface area contributed by atoms with E-state index in [0.717, 1.165) is 24.3 Å². The number of aliphatic hydroxyl groups excluding tert-OH is 1. The Hall–Kier alpha value is -1.63. The van der Waals surface area contributed by atoms with E-state index in [1.165, 1.54) is 18.4 Å². The number of hydrogen-bond donors (Lipinski definition) is 1. The van der Waals surface area contributed by atoms with Gasteiger partial charge in [-0.1, -0.05) is 32.4 Å². The van der Waals surface area contributed by atoms with Gasteiger partial charge in [-0.2, -0.15) is 4.99 Å². The number of carbonyl (C=O) groups is 1. The lowest BCUT2D eigenvalue weighted by Crippen LogP contribution is -2.33. The number of aliphatic hydroxyl groups is 1. The summed E-state index contributed by atoms with van der Waals surface area (Å²) in [6, 6.07) is 4.93. The molecule has 1 fully saturated rings. The normalized spacial score (nSPS) is 20.4. The second-order valence-electron chi connectivity index (χ2n) is 8.03. The SMILES string of the molecule is COc1ccc(Cl)cc1C(=O)N=c1sc(C(C)(C)C)cn1C[C@H]1C[C@@H](O)C1. The summed E-state index contributed by atoms with van der Waals surface area (Å²) in [6.45, 7) is 7.17. The molecule has 0 saturated heterocycles. The fraction of sp³-hybridized carbons (Fsp3) is 0.500. The third-order valence-electron chi connectivity index (χ3n) is 4.71. The Kier molecular flexibility index (Phi) is 5.79. The lowest BCUT2D eigenvalue weighted by Gasteiger charge is -2.31. The minimum absolute atomic E-state index is 0.0316. The molecule has 146 valence electrons. The van der Waals surface area contributed by atoms with Crippen LogP contribution in [-0.2, 0) is 12.0 Å². The molecule has 27 heavy (non-hydrogen) atoms.